The third kappa shape index (κ3) is 5.62. The lowest BCUT2D eigenvalue weighted by Crippen LogP contribution is -2.48. The minimum atomic E-state index is -3.04. The fourth-order valence-electron chi connectivity index (χ4n) is 3.90. The van der Waals surface area contributed by atoms with E-state index in [9.17, 15) is 8.42 Å². The van der Waals surface area contributed by atoms with Crippen LogP contribution in [0.2, 0.25) is 0 Å². The average Bonchev–Trinajstić information content (AvgIpc) is 2.50. The molecule has 0 radical (unpaired) electrons. The molecule has 0 saturated carbocycles. The molecular formula is C17H34N4O2S. The standard InChI is InChI=1S/C17H34N4O2S/c1-5-18-17(20-12-14(2)10-15(3)13-20)19-11-16-6-8-21(9-7-16)24(4,22)23/h14-16H,5-13H2,1-4H3,(H,18,19). The van der Waals surface area contributed by atoms with Crippen molar-refractivity contribution in [2.24, 2.45) is 22.7 Å². The zero-order valence-corrected chi connectivity index (χ0v) is 16.5. The van der Waals surface area contributed by atoms with Gasteiger partial charge in [-0.15, -0.1) is 0 Å². The first-order valence-corrected chi connectivity index (χ1v) is 11.1. The normalized spacial score (nSPS) is 28.2. The summed E-state index contributed by atoms with van der Waals surface area (Å²) in [6, 6.07) is 0. The Bertz CT molecular complexity index is 517. The summed E-state index contributed by atoms with van der Waals surface area (Å²) in [5.74, 6) is 2.92. The van der Waals surface area contributed by atoms with Crippen LogP contribution in [0.25, 0.3) is 0 Å². The van der Waals surface area contributed by atoms with E-state index < -0.39 is 10.0 Å². The van der Waals surface area contributed by atoms with Gasteiger partial charge < -0.3 is 10.2 Å². The predicted molar refractivity (Wildman–Crippen MR) is 99.6 cm³/mol. The van der Waals surface area contributed by atoms with Gasteiger partial charge in [-0.1, -0.05) is 13.8 Å². The molecule has 0 bridgehead atoms. The highest BCUT2D eigenvalue weighted by Crippen LogP contribution is 2.22. The summed E-state index contributed by atoms with van der Waals surface area (Å²) in [6.07, 6.45) is 4.40. The van der Waals surface area contributed by atoms with Crippen molar-refractivity contribution in [3.8, 4) is 0 Å². The summed E-state index contributed by atoms with van der Waals surface area (Å²) >= 11 is 0. The summed E-state index contributed by atoms with van der Waals surface area (Å²) in [5.41, 5.74) is 0. The van der Waals surface area contributed by atoms with Crippen molar-refractivity contribution in [2.45, 2.75) is 40.0 Å². The Hall–Kier alpha value is -0.820. The minimum Gasteiger partial charge on any atom is -0.357 e. The van der Waals surface area contributed by atoms with Crippen molar-refractivity contribution < 1.29 is 8.42 Å². The quantitative estimate of drug-likeness (QED) is 0.612. The number of aliphatic imine (C=N–C) groups is 1. The Labute approximate surface area is 147 Å². The van der Waals surface area contributed by atoms with Crippen molar-refractivity contribution >= 4 is 16.0 Å². The van der Waals surface area contributed by atoms with Crippen molar-refractivity contribution in [1.82, 2.24) is 14.5 Å². The number of hydrogen-bond donors (Lipinski definition) is 1. The molecule has 0 aromatic carbocycles. The van der Waals surface area contributed by atoms with E-state index in [0.29, 0.717) is 30.8 Å². The molecule has 0 aromatic heterocycles. The van der Waals surface area contributed by atoms with Gasteiger partial charge in [-0.05, 0) is 43.9 Å². The highest BCUT2D eigenvalue weighted by molar-refractivity contribution is 7.88. The Balaban J connectivity index is 1.92. The maximum Gasteiger partial charge on any atom is 0.211 e. The molecule has 7 heteroatoms. The number of rotatable bonds is 4. The van der Waals surface area contributed by atoms with Crippen LogP contribution in [0, 0.1) is 17.8 Å². The molecule has 2 saturated heterocycles. The number of nitrogens with one attached hydrogen (secondary N) is 1. The van der Waals surface area contributed by atoms with Crippen LogP contribution in [0.5, 0.6) is 0 Å². The Morgan fingerprint density at radius 2 is 1.75 bits per heavy atom. The van der Waals surface area contributed by atoms with Crippen LogP contribution in [0.1, 0.15) is 40.0 Å². The molecule has 0 amide bonds. The summed E-state index contributed by atoms with van der Waals surface area (Å²) in [7, 11) is -3.04. The van der Waals surface area contributed by atoms with Gasteiger partial charge in [0, 0.05) is 39.3 Å². The van der Waals surface area contributed by atoms with Crippen LogP contribution in [0.3, 0.4) is 0 Å². The zero-order valence-electron chi connectivity index (χ0n) is 15.7. The summed E-state index contributed by atoms with van der Waals surface area (Å²) in [5, 5.41) is 3.44. The van der Waals surface area contributed by atoms with E-state index in [4.69, 9.17) is 4.99 Å². The first-order chi connectivity index (χ1) is 11.3. The fraction of sp³-hybridized carbons (Fsp3) is 0.941. The molecule has 2 unspecified atom stereocenters. The number of hydrogen-bond acceptors (Lipinski definition) is 3. The zero-order chi connectivity index (χ0) is 17.7. The number of nitrogens with zero attached hydrogens (tertiary/aromatic N) is 3. The van der Waals surface area contributed by atoms with Crippen LogP contribution in [0.15, 0.2) is 4.99 Å². The average molecular weight is 359 g/mol. The topological polar surface area (TPSA) is 65.0 Å². The second-order valence-electron chi connectivity index (χ2n) is 7.65. The molecule has 0 aromatic rings. The van der Waals surface area contributed by atoms with Gasteiger partial charge in [-0.2, -0.15) is 0 Å². The van der Waals surface area contributed by atoms with Crippen molar-refractivity contribution in [2.75, 3.05) is 45.5 Å². The fourth-order valence-corrected chi connectivity index (χ4v) is 4.77. The van der Waals surface area contributed by atoms with E-state index in [1.807, 2.05) is 0 Å². The first kappa shape index (κ1) is 19.5. The van der Waals surface area contributed by atoms with Gasteiger partial charge in [0.05, 0.1) is 6.26 Å². The molecule has 2 fully saturated rings. The molecule has 2 aliphatic heterocycles. The minimum absolute atomic E-state index is 0.483. The van der Waals surface area contributed by atoms with Crippen LogP contribution in [-0.2, 0) is 10.0 Å². The van der Waals surface area contributed by atoms with E-state index in [1.165, 1.54) is 12.7 Å². The van der Waals surface area contributed by atoms with Crippen molar-refractivity contribution in [3.05, 3.63) is 0 Å². The first-order valence-electron chi connectivity index (χ1n) is 9.28. The lowest BCUT2D eigenvalue weighted by atomic mass is 9.92. The number of piperidine rings is 2. The van der Waals surface area contributed by atoms with E-state index in [1.54, 1.807) is 4.31 Å². The van der Waals surface area contributed by atoms with Gasteiger partial charge in [-0.3, -0.25) is 4.99 Å². The Kier molecular flexibility index (Phi) is 6.92. The van der Waals surface area contributed by atoms with E-state index in [2.05, 4.69) is 31.0 Å². The Morgan fingerprint density at radius 3 is 2.25 bits per heavy atom. The largest absolute Gasteiger partial charge is 0.357 e. The molecular weight excluding hydrogens is 324 g/mol. The SMILES string of the molecule is CCNC(=NCC1CCN(S(C)(=O)=O)CC1)N1CC(C)CC(C)C1. The summed E-state index contributed by atoms with van der Waals surface area (Å²) in [4.78, 5) is 7.28. The van der Waals surface area contributed by atoms with Crippen LogP contribution < -0.4 is 5.32 Å². The number of guanidine groups is 1. The van der Waals surface area contributed by atoms with Crippen LogP contribution >= 0.6 is 0 Å². The highest BCUT2D eigenvalue weighted by atomic mass is 32.2. The number of likely N-dealkylation sites (tertiary alicyclic amines) is 1. The third-order valence-corrected chi connectivity index (χ3v) is 6.35. The molecule has 2 heterocycles. The number of sulfonamides is 1. The molecule has 1 N–H and O–H groups in total. The highest BCUT2D eigenvalue weighted by Gasteiger charge is 2.26. The lowest BCUT2D eigenvalue weighted by Gasteiger charge is -2.37. The summed E-state index contributed by atoms with van der Waals surface area (Å²) in [6.45, 7) is 11.8. The van der Waals surface area contributed by atoms with Crippen LogP contribution in [0.4, 0.5) is 0 Å². The molecule has 2 aliphatic rings. The molecule has 0 aliphatic carbocycles. The molecule has 24 heavy (non-hydrogen) atoms. The second kappa shape index (κ2) is 8.52. The van der Waals surface area contributed by atoms with Gasteiger partial charge in [-0.25, -0.2) is 12.7 Å². The van der Waals surface area contributed by atoms with Gasteiger partial charge in [0.25, 0.3) is 0 Å². The summed E-state index contributed by atoms with van der Waals surface area (Å²) < 4.78 is 24.8. The maximum atomic E-state index is 11.6. The molecule has 0 spiro atoms. The smallest absolute Gasteiger partial charge is 0.211 e. The maximum absolute atomic E-state index is 11.6. The molecule has 2 atom stereocenters. The van der Waals surface area contributed by atoms with E-state index in [0.717, 1.165) is 45.0 Å². The lowest BCUT2D eigenvalue weighted by molar-refractivity contribution is 0.207. The van der Waals surface area contributed by atoms with Crippen molar-refractivity contribution in [3.63, 3.8) is 0 Å². The monoisotopic (exact) mass is 358 g/mol. The molecule has 6 nitrogen and oxygen atoms in total. The second-order valence-corrected chi connectivity index (χ2v) is 9.63. The third-order valence-electron chi connectivity index (χ3n) is 5.05. The molecule has 140 valence electrons. The van der Waals surface area contributed by atoms with E-state index >= 15 is 0 Å². The van der Waals surface area contributed by atoms with Gasteiger partial charge in [0.1, 0.15) is 0 Å². The van der Waals surface area contributed by atoms with Gasteiger partial charge in [0.15, 0.2) is 5.96 Å². The van der Waals surface area contributed by atoms with Gasteiger partial charge in [0.2, 0.25) is 10.0 Å². The Morgan fingerprint density at radius 1 is 1.17 bits per heavy atom. The van der Waals surface area contributed by atoms with Crippen LogP contribution in [-0.4, -0.2) is 69.1 Å². The van der Waals surface area contributed by atoms with Crippen molar-refractivity contribution in [1.29, 1.82) is 0 Å². The van der Waals surface area contributed by atoms with E-state index in [-0.39, 0.29) is 0 Å². The predicted octanol–water partition coefficient (Wildman–Crippen LogP) is 1.60. The van der Waals surface area contributed by atoms with Gasteiger partial charge >= 0.3 is 0 Å². The molecule has 2 rings (SSSR count).